The van der Waals surface area contributed by atoms with E-state index >= 15 is 0 Å². The topological polar surface area (TPSA) is 108 Å². The van der Waals surface area contributed by atoms with Gasteiger partial charge in [-0.3, -0.25) is 9.36 Å². The number of amides is 1. The molecule has 0 saturated carbocycles. The molecule has 0 aromatic rings. The van der Waals surface area contributed by atoms with Gasteiger partial charge in [-0.1, -0.05) is 88.1 Å². The van der Waals surface area contributed by atoms with Crippen molar-refractivity contribution in [1.82, 2.24) is 5.32 Å². The average Bonchev–Trinajstić information content (AvgIpc) is 2.92. The van der Waals surface area contributed by atoms with Crippen LogP contribution in [0, 0.1) is 0 Å². The van der Waals surface area contributed by atoms with E-state index in [0.717, 1.165) is 44.9 Å². The second-order valence-electron chi connectivity index (χ2n) is 11.8. The number of nitrogens with zero attached hydrogens (tertiary/aromatic N) is 1. The molecule has 3 atom stereocenters. The van der Waals surface area contributed by atoms with Crippen molar-refractivity contribution in [3.05, 3.63) is 48.6 Å². The number of carbonyl (C=O) groups is 1. The Morgan fingerprint density at radius 3 is 1.98 bits per heavy atom. The van der Waals surface area contributed by atoms with Gasteiger partial charge in [-0.15, -0.1) is 0 Å². The van der Waals surface area contributed by atoms with Gasteiger partial charge >= 0.3 is 0 Å². The number of hydrogen-bond acceptors (Lipinski definition) is 6. The molecule has 0 rings (SSSR count). The molecule has 0 heterocycles. The lowest BCUT2D eigenvalue weighted by molar-refractivity contribution is -0.870. The first-order chi connectivity index (χ1) is 20.0. The molecule has 0 radical (unpaired) electrons. The summed E-state index contributed by atoms with van der Waals surface area (Å²) in [7, 11) is 1.20. The van der Waals surface area contributed by atoms with Crippen molar-refractivity contribution in [1.29, 1.82) is 0 Å². The summed E-state index contributed by atoms with van der Waals surface area (Å²) in [6, 6.07) is -0.919. The Kier molecular flexibility index (Phi) is 25.0. The largest absolute Gasteiger partial charge is 0.756 e. The van der Waals surface area contributed by atoms with Crippen LogP contribution in [0.25, 0.3) is 0 Å². The zero-order valence-corrected chi connectivity index (χ0v) is 28.1. The van der Waals surface area contributed by atoms with Gasteiger partial charge in [0.25, 0.3) is 7.82 Å². The summed E-state index contributed by atoms with van der Waals surface area (Å²) >= 11 is 0. The van der Waals surface area contributed by atoms with Gasteiger partial charge in [0.15, 0.2) is 0 Å². The van der Waals surface area contributed by atoms with E-state index in [1.54, 1.807) is 6.08 Å². The number of aliphatic hydroxyl groups excluding tert-OH is 1. The third-order valence-electron chi connectivity index (χ3n) is 6.47. The molecule has 244 valence electrons. The van der Waals surface area contributed by atoms with E-state index in [9.17, 15) is 19.4 Å². The van der Waals surface area contributed by atoms with Crippen molar-refractivity contribution in [2.24, 2.45) is 0 Å². The number of likely N-dealkylation sites (N-methyl/N-ethyl adjacent to an activating group) is 1. The number of nitrogens with one attached hydrogen (secondary N) is 1. The third kappa shape index (κ3) is 27.3. The average molecular weight is 613 g/mol. The van der Waals surface area contributed by atoms with Gasteiger partial charge < -0.3 is 28.8 Å². The summed E-state index contributed by atoms with van der Waals surface area (Å²) in [5.74, 6) is -0.255. The Hall–Kier alpha value is -1.54. The van der Waals surface area contributed by atoms with Gasteiger partial charge in [-0.2, -0.15) is 0 Å². The van der Waals surface area contributed by atoms with Crippen LogP contribution in [0.1, 0.15) is 104 Å². The molecule has 1 amide bonds. The maximum Gasteiger partial charge on any atom is 0.268 e. The van der Waals surface area contributed by atoms with E-state index in [1.807, 2.05) is 27.2 Å². The van der Waals surface area contributed by atoms with Crippen LogP contribution in [-0.2, 0) is 18.4 Å². The predicted octanol–water partition coefficient (Wildman–Crippen LogP) is 6.77. The lowest BCUT2D eigenvalue weighted by Gasteiger charge is -2.29. The Morgan fingerprint density at radius 2 is 1.38 bits per heavy atom. The summed E-state index contributed by atoms with van der Waals surface area (Å²) in [6.45, 7) is 4.42. The predicted molar refractivity (Wildman–Crippen MR) is 173 cm³/mol. The summed E-state index contributed by atoms with van der Waals surface area (Å²) in [4.78, 5) is 24.9. The Morgan fingerprint density at radius 1 is 0.810 bits per heavy atom. The van der Waals surface area contributed by atoms with Crippen LogP contribution in [0.2, 0.25) is 0 Å². The zero-order valence-electron chi connectivity index (χ0n) is 27.2. The third-order valence-corrected chi connectivity index (χ3v) is 7.43. The van der Waals surface area contributed by atoms with Gasteiger partial charge in [-0.05, 0) is 57.8 Å². The van der Waals surface area contributed by atoms with Crippen LogP contribution >= 0.6 is 7.82 Å². The molecule has 0 aliphatic heterocycles. The quantitative estimate of drug-likeness (QED) is 0.0459. The molecule has 0 spiro atoms. The fourth-order valence-electron chi connectivity index (χ4n) is 3.84. The maximum absolute atomic E-state index is 12.6. The van der Waals surface area contributed by atoms with E-state index in [4.69, 9.17) is 9.05 Å². The minimum absolute atomic E-state index is 0.0154. The van der Waals surface area contributed by atoms with Crippen molar-refractivity contribution in [2.75, 3.05) is 40.9 Å². The summed E-state index contributed by atoms with van der Waals surface area (Å²) in [5.41, 5.74) is 0. The van der Waals surface area contributed by atoms with E-state index in [-0.39, 0.29) is 18.9 Å². The molecule has 0 fully saturated rings. The number of hydrogen-bond donors (Lipinski definition) is 2. The summed E-state index contributed by atoms with van der Waals surface area (Å²) in [6.07, 6.45) is 28.9. The number of carbonyl (C=O) groups excluding carboxylic acids is 1. The maximum atomic E-state index is 12.6. The fourth-order valence-corrected chi connectivity index (χ4v) is 4.56. The molecular weight excluding hydrogens is 551 g/mol. The number of phosphoric acid groups is 1. The number of aliphatic hydroxyl groups is 1. The first-order valence-electron chi connectivity index (χ1n) is 16.0. The van der Waals surface area contributed by atoms with Crippen LogP contribution in [-0.4, -0.2) is 68.5 Å². The van der Waals surface area contributed by atoms with Gasteiger partial charge in [0, 0.05) is 6.42 Å². The highest BCUT2D eigenvalue weighted by atomic mass is 31.2. The van der Waals surface area contributed by atoms with Crippen LogP contribution in [0.4, 0.5) is 0 Å². The molecule has 0 saturated heterocycles. The van der Waals surface area contributed by atoms with E-state index in [1.165, 1.54) is 32.1 Å². The molecule has 0 aliphatic carbocycles. The van der Waals surface area contributed by atoms with Gasteiger partial charge in [0.05, 0.1) is 39.9 Å². The van der Waals surface area contributed by atoms with Crippen molar-refractivity contribution in [3.8, 4) is 0 Å². The minimum atomic E-state index is -4.59. The monoisotopic (exact) mass is 612 g/mol. The first-order valence-corrected chi connectivity index (χ1v) is 17.5. The van der Waals surface area contributed by atoms with E-state index in [0.29, 0.717) is 17.4 Å². The lowest BCUT2D eigenvalue weighted by Crippen LogP contribution is -2.45. The lowest BCUT2D eigenvalue weighted by atomic mass is 10.1. The number of quaternary nitrogens is 1. The summed E-state index contributed by atoms with van der Waals surface area (Å²) < 4.78 is 22.9. The van der Waals surface area contributed by atoms with Crippen molar-refractivity contribution in [2.45, 2.75) is 116 Å². The number of allylic oxidation sites excluding steroid dienone is 7. The molecular formula is C33H61N2O6P. The highest BCUT2D eigenvalue weighted by Crippen LogP contribution is 2.38. The molecule has 42 heavy (non-hydrogen) atoms. The van der Waals surface area contributed by atoms with Crippen molar-refractivity contribution in [3.63, 3.8) is 0 Å². The molecule has 2 N–H and O–H groups in total. The van der Waals surface area contributed by atoms with Crippen LogP contribution in [0.5, 0.6) is 0 Å². The van der Waals surface area contributed by atoms with Crippen molar-refractivity contribution >= 4 is 13.7 Å². The molecule has 0 aromatic carbocycles. The standard InChI is InChI=1S/C33H61N2O6P/c1-6-8-10-12-14-16-17-19-20-22-24-26-32(36)31(30-41-42(38,39)40-29-28-35(3,4)5)34-33(37)27-25-23-21-18-15-13-11-9-7-2/h10,12,17-19,21,24,26,31-32,36H,6-9,11,13-16,20,22-23,25,27-30H2,1-5H3,(H-,34,37,38,39)/b12-10+,19-17+,21-18-,26-24+. The van der Waals surface area contributed by atoms with Crippen molar-refractivity contribution < 1.29 is 32.9 Å². The van der Waals surface area contributed by atoms with Gasteiger partial charge in [0.1, 0.15) is 13.2 Å². The van der Waals surface area contributed by atoms with Gasteiger partial charge in [-0.25, -0.2) is 0 Å². The summed E-state index contributed by atoms with van der Waals surface area (Å²) in [5, 5.41) is 13.5. The Balaban J connectivity index is 4.81. The minimum Gasteiger partial charge on any atom is -0.756 e. The van der Waals surface area contributed by atoms with Crippen LogP contribution in [0.3, 0.4) is 0 Å². The number of unbranched alkanes of at least 4 members (excludes halogenated alkanes) is 8. The zero-order chi connectivity index (χ0) is 31.5. The molecule has 0 bridgehead atoms. The molecule has 0 aliphatic rings. The Bertz CT molecular complexity index is 835. The second-order valence-corrected chi connectivity index (χ2v) is 13.2. The first kappa shape index (κ1) is 40.5. The highest BCUT2D eigenvalue weighted by Gasteiger charge is 2.23. The number of rotatable bonds is 27. The van der Waals surface area contributed by atoms with Gasteiger partial charge in [0.2, 0.25) is 5.91 Å². The SMILES string of the molecule is CCC/C=C/CC/C=C/CC/C=C/C(O)C(COP(=O)([O-])OCC[N+](C)(C)C)NC(=O)CCC/C=C\CCCCCC. The van der Waals surface area contributed by atoms with Crippen LogP contribution in [0.15, 0.2) is 48.6 Å². The normalized spacial score (nSPS) is 15.7. The fraction of sp³-hybridized carbons (Fsp3) is 0.727. The smallest absolute Gasteiger partial charge is 0.268 e. The van der Waals surface area contributed by atoms with E-state index in [2.05, 4.69) is 55.6 Å². The Labute approximate surface area is 257 Å². The molecule has 9 heteroatoms. The van der Waals surface area contributed by atoms with E-state index < -0.39 is 26.6 Å². The van der Waals surface area contributed by atoms with Crippen LogP contribution < -0.4 is 10.2 Å². The second kappa shape index (κ2) is 25.9. The molecule has 3 unspecified atom stereocenters. The molecule has 0 aromatic heterocycles. The highest BCUT2D eigenvalue weighted by molar-refractivity contribution is 7.45. The number of phosphoric ester groups is 1. The molecule has 8 nitrogen and oxygen atoms in total.